The van der Waals surface area contributed by atoms with Crippen LogP contribution in [-0.4, -0.2) is 40.5 Å². The second-order valence-corrected chi connectivity index (χ2v) is 7.41. The largest absolute Gasteiger partial charge is 0.390 e. The summed E-state index contributed by atoms with van der Waals surface area (Å²) < 4.78 is 0. The van der Waals surface area contributed by atoms with Gasteiger partial charge in [0.05, 0.1) is 11.2 Å². The summed E-state index contributed by atoms with van der Waals surface area (Å²) in [7, 11) is 0.778. The van der Waals surface area contributed by atoms with Crippen LogP contribution in [-0.2, 0) is 0 Å². The first-order valence-corrected chi connectivity index (χ1v) is 8.39. The molecule has 122 valence electrons. The van der Waals surface area contributed by atoms with E-state index in [4.69, 9.17) is 0 Å². The first kappa shape index (κ1) is 16.2. The molecule has 2 heterocycles. The zero-order valence-electron chi connectivity index (χ0n) is 14.1. The highest BCUT2D eigenvalue weighted by atomic mass is 16.3. The Morgan fingerprint density at radius 1 is 1.35 bits per heavy atom. The zero-order chi connectivity index (χ0) is 16.6. The average molecular weight is 313 g/mol. The van der Waals surface area contributed by atoms with Gasteiger partial charge in [-0.15, -0.1) is 0 Å². The van der Waals surface area contributed by atoms with Crippen molar-refractivity contribution in [3.05, 3.63) is 17.8 Å². The Morgan fingerprint density at radius 2 is 2.04 bits per heavy atom. The van der Waals surface area contributed by atoms with Gasteiger partial charge in [-0.3, -0.25) is 4.79 Å². The number of amides is 1. The minimum atomic E-state index is -0.628. The van der Waals surface area contributed by atoms with Crippen LogP contribution < -0.4 is 10.8 Å². The van der Waals surface area contributed by atoms with E-state index in [0.29, 0.717) is 11.5 Å². The number of hydrogen-bond acceptors (Lipinski definition) is 4. The Kier molecular flexibility index (Phi) is 4.28. The second kappa shape index (κ2) is 6.08. The van der Waals surface area contributed by atoms with Crippen LogP contribution >= 0.6 is 0 Å². The van der Waals surface area contributed by atoms with Crippen LogP contribution in [0.1, 0.15) is 56.8 Å². The summed E-state index contributed by atoms with van der Waals surface area (Å²) in [6.45, 7) is 5.72. The molecule has 1 aromatic heterocycles. The lowest BCUT2D eigenvalue weighted by molar-refractivity contribution is -0.00257. The Labute approximate surface area is 137 Å². The van der Waals surface area contributed by atoms with Crippen LogP contribution in [0.25, 0.3) is 0 Å². The summed E-state index contributed by atoms with van der Waals surface area (Å²) >= 11 is 0. The molecule has 1 aliphatic carbocycles. The lowest BCUT2D eigenvalue weighted by Gasteiger charge is -2.36. The van der Waals surface area contributed by atoms with Crippen molar-refractivity contribution in [1.82, 2.24) is 10.3 Å². The second-order valence-electron chi connectivity index (χ2n) is 7.41. The van der Waals surface area contributed by atoms with E-state index >= 15 is 0 Å². The third-order valence-electron chi connectivity index (χ3n) is 5.01. The number of aliphatic hydroxyl groups is 1. The lowest BCUT2D eigenvalue weighted by Crippen LogP contribution is -2.42. The SMILES string of the molecule is CC1=Nc2ncc(C(=O)NC3CCC(C(C)(C)O)CC3)cc2B1. The minimum Gasteiger partial charge on any atom is -0.390 e. The smallest absolute Gasteiger partial charge is 0.253 e. The van der Waals surface area contributed by atoms with E-state index in [1.807, 2.05) is 26.8 Å². The van der Waals surface area contributed by atoms with E-state index in [9.17, 15) is 9.90 Å². The molecule has 0 atom stereocenters. The highest BCUT2D eigenvalue weighted by Gasteiger charge is 2.32. The molecule has 0 bridgehead atoms. The van der Waals surface area contributed by atoms with Crippen molar-refractivity contribution in [2.24, 2.45) is 10.9 Å². The average Bonchev–Trinajstić information content (AvgIpc) is 2.85. The topological polar surface area (TPSA) is 74.6 Å². The van der Waals surface area contributed by atoms with Crippen LogP contribution in [0.3, 0.4) is 0 Å². The summed E-state index contributed by atoms with van der Waals surface area (Å²) in [4.78, 5) is 21.1. The van der Waals surface area contributed by atoms with Gasteiger partial charge in [0.1, 0.15) is 5.82 Å². The summed E-state index contributed by atoms with van der Waals surface area (Å²) in [5.41, 5.74) is 2.05. The molecule has 1 fully saturated rings. The fourth-order valence-electron chi connectivity index (χ4n) is 3.57. The van der Waals surface area contributed by atoms with E-state index in [1.165, 1.54) is 0 Å². The predicted octanol–water partition coefficient (Wildman–Crippen LogP) is 1.27. The normalized spacial score (nSPS) is 23.7. The molecule has 6 heteroatoms. The van der Waals surface area contributed by atoms with Gasteiger partial charge in [0, 0.05) is 12.2 Å². The fraction of sp³-hybridized carbons (Fsp3) is 0.588. The van der Waals surface area contributed by atoms with Gasteiger partial charge in [-0.1, -0.05) is 0 Å². The number of aliphatic imine (C=N–C) groups is 1. The van der Waals surface area contributed by atoms with Crippen LogP contribution in [0, 0.1) is 5.92 Å². The fourth-order valence-corrected chi connectivity index (χ4v) is 3.57. The molecule has 1 amide bonds. The molecule has 0 radical (unpaired) electrons. The molecule has 5 nitrogen and oxygen atoms in total. The van der Waals surface area contributed by atoms with E-state index in [0.717, 1.165) is 49.9 Å². The van der Waals surface area contributed by atoms with E-state index < -0.39 is 5.60 Å². The Bertz CT molecular complexity index is 644. The van der Waals surface area contributed by atoms with Crippen molar-refractivity contribution in [2.45, 2.75) is 58.1 Å². The number of hydrogen-bond donors (Lipinski definition) is 2. The number of pyridine rings is 1. The maximum Gasteiger partial charge on any atom is 0.253 e. The number of nitrogens with one attached hydrogen (secondary N) is 1. The van der Waals surface area contributed by atoms with Crippen LogP contribution in [0.2, 0.25) is 0 Å². The molecular weight excluding hydrogens is 289 g/mol. The van der Waals surface area contributed by atoms with Crippen molar-refractivity contribution < 1.29 is 9.90 Å². The summed E-state index contributed by atoms with van der Waals surface area (Å²) in [5, 5.41) is 13.2. The van der Waals surface area contributed by atoms with Gasteiger partial charge in [0.2, 0.25) is 7.28 Å². The first-order valence-electron chi connectivity index (χ1n) is 8.39. The number of fused-ring (bicyclic) bond motifs is 1. The van der Waals surface area contributed by atoms with E-state index in [1.54, 1.807) is 6.20 Å². The maximum atomic E-state index is 12.4. The van der Waals surface area contributed by atoms with E-state index in [2.05, 4.69) is 15.3 Å². The maximum absolute atomic E-state index is 12.4. The number of rotatable bonds is 3. The number of nitrogens with zero attached hydrogens (tertiary/aromatic N) is 2. The van der Waals surface area contributed by atoms with Crippen molar-refractivity contribution in [3.63, 3.8) is 0 Å². The van der Waals surface area contributed by atoms with Crippen LogP contribution in [0.4, 0.5) is 5.82 Å². The quantitative estimate of drug-likeness (QED) is 0.825. The molecule has 0 saturated heterocycles. The monoisotopic (exact) mass is 313 g/mol. The third kappa shape index (κ3) is 3.63. The molecule has 23 heavy (non-hydrogen) atoms. The highest BCUT2D eigenvalue weighted by Crippen LogP contribution is 2.32. The Morgan fingerprint density at radius 3 is 2.70 bits per heavy atom. The molecule has 2 N–H and O–H groups in total. The number of carbonyl (C=O) groups is 1. The number of carbonyl (C=O) groups excluding carboxylic acids is 1. The van der Waals surface area contributed by atoms with Gasteiger partial charge < -0.3 is 10.4 Å². The van der Waals surface area contributed by atoms with Crippen LogP contribution in [0.5, 0.6) is 0 Å². The highest BCUT2D eigenvalue weighted by molar-refractivity contribution is 6.87. The zero-order valence-corrected chi connectivity index (χ0v) is 14.1. The molecule has 1 saturated carbocycles. The van der Waals surface area contributed by atoms with Gasteiger partial charge in [0.25, 0.3) is 5.91 Å². The molecular formula is C17H24BN3O2. The molecule has 1 aliphatic heterocycles. The standard InChI is InChI=1S/C17H24BN3O2/c1-10-18-14-8-11(9-19-15(14)20-10)16(22)21-13-6-4-12(5-7-13)17(2,3)23/h8-9,12-13,18,23H,4-7H2,1-3H3,(H,21,22). The Balaban J connectivity index is 1.58. The van der Waals surface area contributed by atoms with Gasteiger partial charge in [-0.05, 0) is 69.5 Å². The first-order chi connectivity index (χ1) is 10.8. The van der Waals surface area contributed by atoms with Crippen LogP contribution in [0.15, 0.2) is 17.3 Å². The van der Waals surface area contributed by atoms with Crippen molar-refractivity contribution in [1.29, 1.82) is 0 Å². The molecule has 2 aliphatic rings. The molecule has 0 spiro atoms. The lowest BCUT2D eigenvalue weighted by atomic mass is 9.68. The van der Waals surface area contributed by atoms with Gasteiger partial charge in [-0.2, -0.15) is 0 Å². The molecule has 1 aromatic rings. The predicted molar refractivity (Wildman–Crippen MR) is 93.3 cm³/mol. The van der Waals surface area contributed by atoms with Crippen molar-refractivity contribution >= 4 is 30.1 Å². The Hall–Kier alpha value is -1.69. The van der Waals surface area contributed by atoms with Crippen molar-refractivity contribution in [2.75, 3.05) is 0 Å². The molecule has 3 rings (SSSR count). The van der Waals surface area contributed by atoms with E-state index in [-0.39, 0.29) is 11.9 Å². The summed E-state index contributed by atoms with van der Waals surface area (Å²) in [5.74, 6) is 0.999. The van der Waals surface area contributed by atoms with Gasteiger partial charge >= 0.3 is 0 Å². The summed E-state index contributed by atoms with van der Waals surface area (Å²) in [6, 6.07) is 2.09. The number of aromatic nitrogens is 1. The molecule has 0 aromatic carbocycles. The van der Waals surface area contributed by atoms with Gasteiger partial charge in [0.15, 0.2) is 0 Å². The summed E-state index contributed by atoms with van der Waals surface area (Å²) in [6.07, 6.45) is 5.34. The molecule has 0 unspecified atom stereocenters. The minimum absolute atomic E-state index is 0.0587. The van der Waals surface area contributed by atoms with Crippen molar-refractivity contribution in [3.8, 4) is 0 Å². The third-order valence-corrected chi connectivity index (χ3v) is 5.01. The van der Waals surface area contributed by atoms with Gasteiger partial charge in [-0.25, -0.2) is 9.98 Å².